The third-order valence-corrected chi connectivity index (χ3v) is 4.73. The summed E-state index contributed by atoms with van der Waals surface area (Å²) in [4.78, 5) is 24.4. The SMILES string of the molecule is COCCNC(=O)/C(C#N)=C/c1ccc(OC(=O)C(C)Oc2ccc(C(C)(C)C)cc2)cc1. The number of rotatable bonds is 9. The molecule has 0 saturated carbocycles. The Morgan fingerprint density at radius 1 is 1.06 bits per heavy atom. The fraction of sp³-hybridized carbons (Fsp3) is 0.346. The van der Waals surface area contributed by atoms with Crippen LogP contribution in [0.4, 0.5) is 0 Å². The van der Waals surface area contributed by atoms with Gasteiger partial charge in [-0.1, -0.05) is 45.0 Å². The van der Waals surface area contributed by atoms with Crippen molar-refractivity contribution in [1.29, 1.82) is 5.26 Å². The van der Waals surface area contributed by atoms with E-state index in [4.69, 9.17) is 14.2 Å². The molecule has 0 saturated heterocycles. The molecule has 1 unspecified atom stereocenters. The van der Waals surface area contributed by atoms with Gasteiger partial charge >= 0.3 is 5.97 Å². The van der Waals surface area contributed by atoms with Crippen LogP contribution >= 0.6 is 0 Å². The summed E-state index contributed by atoms with van der Waals surface area (Å²) in [5.74, 6) is -0.0977. The topological polar surface area (TPSA) is 97.6 Å². The van der Waals surface area contributed by atoms with E-state index in [1.807, 2.05) is 30.3 Å². The Bertz CT molecular complexity index is 1010. The van der Waals surface area contributed by atoms with Crippen LogP contribution in [0.5, 0.6) is 11.5 Å². The number of methoxy groups -OCH3 is 1. The number of nitrogens with one attached hydrogen (secondary N) is 1. The number of benzene rings is 2. The molecule has 0 bridgehead atoms. The molecule has 7 heteroatoms. The second-order valence-electron chi connectivity index (χ2n) is 8.44. The monoisotopic (exact) mass is 450 g/mol. The van der Waals surface area contributed by atoms with Crippen LogP contribution in [0.3, 0.4) is 0 Å². The van der Waals surface area contributed by atoms with E-state index in [0.29, 0.717) is 30.2 Å². The molecule has 0 spiro atoms. The molecule has 0 fully saturated rings. The first-order chi connectivity index (χ1) is 15.6. The minimum absolute atomic E-state index is 0.0321. The molecule has 1 atom stereocenters. The maximum Gasteiger partial charge on any atom is 0.352 e. The van der Waals surface area contributed by atoms with Crippen molar-refractivity contribution in [3.05, 3.63) is 65.2 Å². The summed E-state index contributed by atoms with van der Waals surface area (Å²) in [6, 6.07) is 16.0. The molecule has 0 aliphatic rings. The van der Waals surface area contributed by atoms with Gasteiger partial charge in [0.2, 0.25) is 0 Å². The minimum atomic E-state index is -0.800. The lowest BCUT2D eigenvalue weighted by molar-refractivity contribution is -0.141. The molecular formula is C26H30N2O5. The number of ether oxygens (including phenoxy) is 3. The van der Waals surface area contributed by atoms with Crippen LogP contribution in [0.25, 0.3) is 6.08 Å². The van der Waals surface area contributed by atoms with Crippen molar-refractivity contribution in [3.63, 3.8) is 0 Å². The van der Waals surface area contributed by atoms with E-state index in [9.17, 15) is 14.9 Å². The van der Waals surface area contributed by atoms with Gasteiger partial charge in [-0.25, -0.2) is 4.79 Å². The van der Waals surface area contributed by atoms with Crippen molar-refractivity contribution in [1.82, 2.24) is 5.32 Å². The maximum atomic E-state index is 12.4. The van der Waals surface area contributed by atoms with Crippen molar-refractivity contribution in [3.8, 4) is 17.6 Å². The first kappa shape index (κ1) is 25.6. The molecule has 174 valence electrons. The lowest BCUT2D eigenvalue weighted by Gasteiger charge is -2.20. The number of hydrogen-bond donors (Lipinski definition) is 1. The Balaban J connectivity index is 1.96. The Labute approximate surface area is 195 Å². The summed E-state index contributed by atoms with van der Waals surface area (Å²) >= 11 is 0. The van der Waals surface area contributed by atoms with Crippen molar-refractivity contribution < 1.29 is 23.8 Å². The number of hydrogen-bond acceptors (Lipinski definition) is 6. The van der Waals surface area contributed by atoms with Gasteiger partial charge in [-0.05, 0) is 53.8 Å². The van der Waals surface area contributed by atoms with Crippen LogP contribution in [0.1, 0.15) is 38.8 Å². The minimum Gasteiger partial charge on any atom is -0.479 e. The second kappa shape index (κ2) is 11.8. The first-order valence-corrected chi connectivity index (χ1v) is 10.6. The van der Waals surface area contributed by atoms with Crippen molar-refractivity contribution in [2.75, 3.05) is 20.3 Å². The molecule has 0 radical (unpaired) electrons. The summed E-state index contributed by atoms with van der Waals surface area (Å²) in [6.45, 7) is 8.67. The zero-order valence-electron chi connectivity index (χ0n) is 19.7. The molecule has 1 N–H and O–H groups in total. The molecular weight excluding hydrogens is 420 g/mol. The smallest absolute Gasteiger partial charge is 0.352 e. The van der Waals surface area contributed by atoms with E-state index in [1.54, 1.807) is 31.2 Å². The van der Waals surface area contributed by atoms with Gasteiger partial charge in [0.1, 0.15) is 23.1 Å². The van der Waals surface area contributed by atoms with Crippen LogP contribution < -0.4 is 14.8 Å². The van der Waals surface area contributed by atoms with E-state index in [2.05, 4.69) is 26.1 Å². The zero-order chi connectivity index (χ0) is 24.4. The number of nitriles is 1. The summed E-state index contributed by atoms with van der Waals surface area (Å²) < 4.78 is 16.0. The van der Waals surface area contributed by atoms with Crippen LogP contribution in [0.2, 0.25) is 0 Å². The number of amides is 1. The lowest BCUT2D eigenvalue weighted by atomic mass is 9.87. The first-order valence-electron chi connectivity index (χ1n) is 10.6. The molecule has 2 rings (SSSR count). The van der Waals surface area contributed by atoms with E-state index in [-0.39, 0.29) is 11.0 Å². The Morgan fingerprint density at radius 2 is 1.67 bits per heavy atom. The summed E-state index contributed by atoms with van der Waals surface area (Å²) in [6.07, 6.45) is 0.659. The van der Waals surface area contributed by atoms with E-state index in [0.717, 1.165) is 0 Å². The van der Waals surface area contributed by atoms with Crippen molar-refractivity contribution in [2.24, 2.45) is 0 Å². The normalized spacial score (nSPS) is 12.4. The summed E-state index contributed by atoms with van der Waals surface area (Å²) in [7, 11) is 1.53. The molecule has 0 heterocycles. The van der Waals surface area contributed by atoms with E-state index < -0.39 is 18.0 Å². The molecule has 0 aliphatic heterocycles. The van der Waals surface area contributed by atoms with E-state index >= 15 is 0 Å². The van der Waals surface area contributed by atoms with Gasteiger partial charge in [0, 0.05) is 13.7 Å². The van der Waals surface area contributed by atoms with Gasteiger partial charge in [-0.15, -0.1) is 0 Å². The van der Waals surface area contributed by atoms with E-state index in [1.165, 1.54) is 18.7 Å². The quantitative estimate of drug-likeness (QED) is 0.204. The molecule has 7 nitrogen and oxygen atoms in total. The number of carbonyl (C=O) groups is 2. The van der Waals surface area contributed by atoms with Gasteiger partial charge in [0.15, 0.2) is 6.10 Å². The molecule has 2 aromatic carbocycles. The number of carbonyl (C=O) groups excluding carboxylic acids is 2. The zero-order valence-corrected chi connectivity index (χ0v) is 19.7. The van der Waals surface area contributed by atoms with Crippen molar-refractivity contribution >= 4 is 18.0 Å². The number of nitrogens with zero attached hydrogens (tertiary/aromatic N) is 1. The third kappa shape index (κ3) is 8.09. The van der Waals surface area contributed by atoms with Crippen LogP contribution in [0.15, 0.2) is 54.1 Å². The highest BCUT2D eigenvalue weighted by Gasteiger charge is 2.18. The summed E-state index contributed by atoms with van der Waals surface area (Å²) in [5, 5.41) is 11.8. The highest BCUT2D eigenvalue weighted by atomic mass is 16.6. The average molecular weight is 451 g/mol. The largest absolute Gasteiger partial charge is 0.479 e. The average Bonchev–Trinajstić information content (AvgIpc) is 2.78. The van der Waals surface area contributed by atoms with Gasteiger partial charge in [-0.3, -0.25) is 4.79 Å². The number of esters is 1. The standard InChI is InChI=1S/C26H30N2O5/c1-18(32-22-12-8-21(9-13-22)26(2,3)4)25(30)33-23-10-6-19(7-11-23)16-20(17-27)24(29)28-14-15-31-5/h6-13,16,18H,14-15H2,1-5H3,(H,28,29)/b20-16+. The van der Waals surface area contributed by atoms with Gasteiger partial charge in [0.25, 0.3) is 5.91 Å². The lowest BCUT2D eigenvalue weighted by Crippen LogP contribution is -2.28. The second-order valence-corrected chi connectivity index (χ2v) is 8.44. The predicted molar refractivity (Wildman–Crippen MR) is 126 cm³/mol. The van der Waals surface area contributed by atoms with Gasteiger partial charge in [-0.2, -0.15) is 5.26 Å². The molecule has 0 aromatic heterocycles. The highest BCUT2D eigenvalue weighted by molar-refractivity contribution is 6.01. The van der Waals surface area contributed by atoms with Gasteiger partial charge < -0.3 is 19.5 Å². The van der Waals surface area contributed by atoms with Crippen LogP contribution in [-0.4, -0.2) is 38.2 Å². The van der Waals surface area contributed by atoms with Crippen LogP contribution in [-0.2, 0) is 19.7 Å². The highest BCUT2D eigenvalue weighted by Crippen LogP contribution is 2.25. The third-order valence-electron chi connectivity index (χ3n) is 4.73. The maximum absolute atomic E-state index is 12.4. The van der Waals surface area contributed by atoms with Crippen LogP contribution in [0, 0.1) is 11.3 Å². The predicted octanol–water partition coefficient (Wildman–Crippen LogP) is 4.03. The Kier molecular flexibility index (Phi) is 9.19. The molecule has 33 heavy (non-hydrogen) atoms. The van der Waals surface area contributed by atoms with Crippen molar-refractivity contribution in [2.45, 2.75) is 39.2 Å². The molecule has 2 aromatic rings. The van der Waals surface area contributed by atoms with Gasteiger partial charge in [0.05, 0.1) is 6.61 Å². The molecule has 1 amide bonds. The Hall–Kier alpha value is -3.63. The Morgan fingerprint density at radius 3 is 2.21 bits per heavy atom. The fourth-order valence-electron chi connectivity index (χ4n) is 2.79. The summed E-state index contributed by atoms with van der Waals surface area (Å²) in [5.41, 5.74) is 1.80. The fourth-order valence-corrected chi connectivity index (χ4v) is 2.79. The molecule has 0 aliphatic carbocycles.